The summed E-state index contributed by atoms with van der Waals surface area (Å²) in [5.74, 6) is 1.93. The van der Waals surface area contributed by atoms with Gasteiger partial charge in [0.15, 0.2) is 11.5 Å². The van der Waals surface area contributed by atoms with E-state index in [1.807, 2.05) is 56.3 Å². The maximum atomic E-state index is 12.4. The quantitative estimate of drug-likeness (QED) is 0.789. The lowest BCUT2D eigenvalue weighted by Crippen LogP contribution is -2.22. The molecule has 0 heterocycles. The number of hydrogen-bond donors (Lipinski definition) is 1. The summed E-state index contributed by atoms with van der Waals surface area (Å²) in [5, 5.41) is 2.93. The molecule has 1 N–H and O–H groups in total. The van der Waals surface area contributed by atoms with Gasteiger partial charge in [-0.25, -0.2) is 0 Å². The number of benzene rings is 2. The highest BCUT2D eigenvalue weighted by atomic mass is 16.5. The van der Waals surface area contributed by atoms with Gasteiger partial charge in [0.25, 0.3) is 0 Å². The van der Waals surface area contributed by atoms with Crippen LogP contribution in [0, 0.1) is 5.92 Å². The van der Waals surface area contributed by atoms with E-state index in [0.717, 1.165) is 17.0 Å². The zero-order chi connectivity index (χ0) is 18.2. The molecule has 0 aliphatic heterocycles. The van der Waals surface area contributed by atoms with E-state index in [-0.39, 0.29) is 11.8 Å². The van der Waals surface area contributed by atoms with Crippen LogP contribution in [0.5, 0.6) is 17.2 Å². The van der Waals surface area contributed by atoms with E-state index in [0.29, 0.717) is 24.5 Å². The van der Waals surface area contributed by atoms with E-state index in [2.05, 4.69) is 5.32 Å². The summed E-state index contributed by atoms with van der Waals surface area (Å²) in [6, 6.07) is 13.1. The first-order valence-corrected chi connectivity index (χ1v) is 8.32. The summed E-state index contributed by atoms with van der Waals surface area (Å²) in [6.45, 7) is 4.46. The molecule has 2 rings (SSSR count). The molecule has 2 aromatic rings. The highest BCUT2D eigenvalue weighted by molar-refractivity contribution is 5.92. The van der Waals surface area contributed by atoms with Gasteiger partial charge < -0.3 is 19.5 Å². The lowest BCUT2D eigenvalue weighted by atomic mass is 10.00. The number of rotatable bonds is 8. The Morgan fingerprint density at radius 1 is 1.04 bits per heavy atom. The molecule has 0 fully saturated rings. The van der Waals surface area contributed by atoms with Crippen molar-refractivity contribution in [3.05, 3.63) is 48.0 Å². The summed E-state index contributed by atoms with van der Waals surface area (Å²) >= 11 is 0. The molecule has 0 aliphatic carbocycles. The van der Waals surface area contributed by atoms with Crippen molar-refractivity contribution in [1.82, 2.24) is 0 Å². The van der Waals surface area contributed by atoms with Crippen molar-refractivity contribution in [2.45, 2.75) is 20.3 Å². The highest BCUT2D eigenvalue weighted by Gasteiger charge is 2.15. The van der Waals surface area contributed by atoms with Crippen LogP contribution in [-0.2, 0) is 11.2 Å². The first-order chi connectivity index (χ1) is 12.1. The number of carbonyl (C=O) groups is 1. The van der Waals surface area contributed by atoms with Crippen LogP contribution in [0.1, 0.15) is 19.4 Å². The van der Waals surface area contributed by atoms with Crippen LogP contribution in [-0.4, -0.2) is 26.7 Å². The van der Waals surface area contributed by atoms with Crippen molar-refractivity contribution < 1.29 is 19.0 Å². The van der Waals surface area contributed by atoms with Crippen LogP contribution < -0.4 is 19.5 Å². The van der Waals surface area contributed by atoms with Gasteiger partial charge in [0.1, 0.15) is 5.75 Å². The molecule has 0 aliphatic rings. The average molecular weight is 343 g/mol. The second-order valence-electron chi connectivity index (χ2n) is 5.74. The Morgan fingerprint density at radius 2 is 1.72 bits per heavy atom. The van der Waals surface area contributed by atoms with E-state index in [1.165, 1.54) is 0 Å². The molecule has 5 nitrogen and oxygen atoms in total. The molecule has 0 bridgehead atoms. The molecule has 5 heteroatoms. The Labute approximate surface area is 148 Å². The maximum Gasteiger partial charge on any atom is 0.227 e. The lowest BCUT2D eigenvalue weighted by Gasteiger charge is -2.14. The third-order valence-electron chi connectivity index (χ3n) is 3.87. The number of amides is 1. The first kappa shape index (κ1) is 18.6. The van der Waals surface area contributed by atoms with Crippen molar-refractivity contribution in [3.8, 4) is 17.2 Å². The Hall–Kier alpha value is -2.69. The van der Waals surface area contributed by atoms with Crippen LogP contribution in [0.2, 0.25) is 0 Å². The third-order valence-corrected chi connectivity index (χ3v) is 3.87. The number of carbonyl (C=O) groups excluding carboxylic acids is 1. The topological polar surface area (TPSA) is 56.8 Å². The molecule has 0 aromatic heterocycles. The molecule has 25 heavy (non-hydrogen) atoms. The summed E-state index contributed by atoms with van der Waals surface area (Å²) < 4.78 is 15.9. The van der Waals surface area contributed by atoms with E-state index < -0.39 is 0 Å². The smallest absolute Gasteiger partial charge is 0.227 e. The zero-order valence-corrected chi connectivity index (χ0v) is 15.2. The largest absolute Gasteiger partial charge is 0.494 e. The molecule has 1 unspecified atom stereocenters. The van der Waals surface area contributed by atoms with Gasteiger partial charge in [-0.2, -0.15) is 0 Å². The summed E-state index contributed by atoms with van der Waals surface area (Å²) in [4.78, 5) is 12.4. The predicted molar refractivity (Wildman–Crippen MR) is 98.7 cm³/mol. The molecular formula is C20H25NO4. The molecule has 1 amide bonds. The van der Waals surface area contributed by atoms with Gasteiger partial charge in [-0.15, -0.1) is 0 Å². The van der Waals surface area contributed by atoms with Crippen LogP contribution in [0.15, 0.2) is 42.5 Å². The standard InChI is InChI=1S/C20H25NO4/c1-5-25-17-9-7-16(8-10-17)21-20(22)14(2)12-15-6-11-18(23-3)19(13-15)24-4/h6-11,13-14H,5,12H2,1-4H3,(H,21,22). The van der Waals surface area contributed by atoms with Gasteiger partial charge in [0.05, 0.1) is 20.8 Å². The number of methoxy groups -OCH3 is 2. The lowest BCUT2D eigenvalue weighted by molar-refractivity contribution is -0.119. The van der Waals surface area contributed by atoms with Crippen LogP contribution in [0.4, 0.5) is 5.69 Å². The fourth-order valence-corrected chi connectivity index (χ4v) is 2.52. The van der Waals surface area contributed by atoms with Crippen molar-refractivity contribution in [2.24, 2.45) is 5.92 Å². The van der Waals surface area contributed by atoms with Crippen molar-refractivity contribution in [3.63, 3.8) is 0 Å². The minimum absolute atomic E-state index is 0.0288. The molecule has 134 valence electrons. The van der Waals surface area contributed by atoms with Crippen LogP contribution in [0.25, 0.3) is 0 Å². The van der Waals surface area contributed by atoms with Gasteiger partial charge in [-0.1, -0.05) is 13.0 Å². The Bertz CT molecular complexity index is 697. The summed E-state index contributed by atoms with van der Waals surface area (Å²) in [5.41, 5.74) is 1.78. The van der Waals surface area contributed by atoms with Crippen molar-refractivity contribution >= 4 is 11.6 Å². The fraction of sp³-hybridized carbons (Fsp3) is 0.350. The Kier molecular flexibility index (Phi) is 6.69. The fourth-order valence-electron chi connectivity index (χ4n) is 2.52. The second-order valence-corrected chi connectivity index (χ2v) is 5.74. The van der Waals surface area contributed by atoms with Gasteiger partial charge in [0.2, 0.25) is 5.91 Å². The Morgan fingerprint density at radius 3 is 2.32 bits per heavy atom. The zero-order valence-electron chi connectivity index (χ0n) is 15.2. The molecule has 0 saturated carbocycles. The SMILES string of the molecule is CCOc1ccc(NC(=O)C(C)Cc2ccc(OC)c(OC)c2)cc1. The summed E-state index contributed by atoms with van der Waals surface area (Å²) in [7, 11) is 3.20. The predicted octanol–water partition coefficient (Wildman–Crippen LogP) is 3.92. The number of ether oxygens (including phenoxy) is 3. The first-order valence-electron chi connectivity index (χ1n) is 8.32. The maximum absolute atomic E-state index is 12.4. The highest BCUT2D eigenvalue weighted by Crippen LogP contribution is 2.28. The molecule has 0 saturated heterocycles. The van der Waals surface area contributed by atoms with Gasteiger partial charge in [0, 0.05) is 11.6 Å². The molecule has 2 aromatic carbocycles. The van der Waals surface area contributed by atoms with E-state index in [9.17, 15) is 4.79 Å². The third kappa shape index (κ3) is 5.14. The van der Waals surface area contributed by atoms with Gasteiger partial charge in [-0.05, 0) is 55.3 Å². The minimum Gasteiger partial charge on any atom is -0.494 e. The Balaban J connectivity index is 1.97. The number of hydrogen-bond acceptors (Lipinski definition) is 4. The molecule has 0 radical (unpaired) electrons. The van der Waals surface area contributed by atoms with Crippen LogP contribution in [0.3, 0.4) is 0 Å². The molecule has 0 spiro atoms. The van der Waals surface area contributed by atoms with Gasteiger partial charge >= 0.3 is 0 Å². The van der Waals surface area contributed by atoms with Crippen LogP contribution >= 0.6 is 0 Å². The minimum atomic E-state index is -0.176. The average Bonchev–Trinajstić information content (AvgIpc) is 2.63. The van der Waals surface area contributed by atoms with Crippen molar-refractivity contribution in [1.29, 1.82) is 0 Å². The number of anilines is 1. The van der Waals surface area contributed by atoms with E-state index in [4.69, 9.17) is 14.2 Å². The van der Waals surface area contributed by atoms with E-state index >= 15 is 0 Å². The molecule has 1 atom stereocenters. The normalized spacial score (nSPS) is 11.5. The van der Waals surface area contributed by atoms with Crippen molar-refractivity contribution in [2.75, 3.05) is 26.1 Å². The monoisotopic (exact) mass is 343 g/mol. The van der Waals surface area contributed by atoms with E-state index in [1.54, 1.807) is 14.2 Å². The summed E-state index contributed by atoms with van der Waals surface area (Å²) in [6.07, 6.45) is 0.614. The molecular weight excluding hydrogens is 318 g/mol. The van der Waals surface area contributed by atoms with Gasteiger partial charge in [-0.3, -0.25) is 4.79 Å². The second kappa shape index (κ2) is 8.97. The number of nitrogens with one attached hydrogen (secondary N) is 1.